The van der Waals surface area contributed by atoms with Crippen LogP contribution in [0, 0.1) is 11.3 Å². The summed E-state index contributed by atoms with van der Waals surface area (Å²) in [6.45, 7) is 4.12. The molecule has 0 atom stereocenters. The van der Waals surface area contributed by atoms with Crippen molar-refractivity contribution in [3.8, 4) is 0 Å². The molecule has 3 heteroatoms. The van der Waals surface area contributed by atoms with Gasteiger partial charge in [-0.15, -0.1) is 0 Å². The van der Waals surface area contributed by atoms with Crippen LogP contribution >= 0.6 is 0 Å². The predicted molar refractivity (Wildman–Crippen MR) is 67.8 cm³/mol. The van der Waals surface area contributed by atoms with Gasteiger partial charge in [0.1, 0.15) is 0 Å². The highest BCUT2D eigenvalue weighted by Gasteiger charge is 2.45. The predicted octanol–water partition coefficient (Wildman–Crippen LogP) is 3.21. The summed E-state index contributed by atoms with van der Waals surface area (Å²) in [4.78, 5) is 11.7. The molecule has 0 aliphatic heterocycles. The van der Waals surface area contributed by atoms with E-state index in [0.717, 1.165) is 51.4 Å². The molecule has 0 spiro atoms. The Bertz CT molecular complexity index is 236. The van der Waals surface area contributed by atoms with Crippen molar-refractivity contribution in [2.24, 2.45) is 11.3 Å². The van der Waals surface area contributed by atoms with Crippen molar-refractivity contribution >= 4 is 5.97 Å². The number of aliphatic carboxylic acids is 1. The fourth-order valence-electron chi connectivity index (χ4n) is 3.44. The van der Waals surface area contributed by atoms with E-state index in [9.17, 15) is 15.0 Å². The number of aliphatic hydroxyl groups is 1. The van der Waals surface area contributed by atoms with Crippen molar-refractivity contribution in [1.82, 2.24) is 0 Å². The molecular weight excluding hydrogens is 216 g/mol. The molecule has 0 unspecified atom stereocenters. The van der Waals surface area contributed by atoms with Crippen molar-refractivity contribution in [3.63, 3.8) is 0 Å². The molecule has 17 heavy (non-hydrogen) atoms. The second-order valence-electron chi connectivity index (χ2n) is 5.47. The van der Waals surface area contributed by atoms with Crippen LogP contribution in [0.2, 0.25) is 0 Å². The molecule has 1 rings (SSSR count). The van der Waals surface area contributed by atoms with Crippen molar-refractivity contribution in [2.45, 2.75) is 71.3 Å². The molecule has 0 aromatic heterocycles. The molecule has 0 radical (unpaired) electrons. The van der Waals surface area contributed by atoms with Gasteiger partial charge in [-0.25, -0.2) is 0 Å². The largest absolute Gasteiger partial charge is 0.481 e. The minimum atomic E-state index is -0.623. The summed E-state index contributed by atoms with van der Waals surface area (Å²) >= 11 is 0. The number of carboxylic acid groups (broad SMARTS) is 1. The zero-order valence-electron chi connectivity index (χ0n) is 11.1. The van der Waals surface area contributed by atoms with Gasteiger partial charge < -0.3 is 10.2 Å². The second-order valence-corrected chi connectivity index (χ2v) is 5.47. The first-order chi connectivity index (χ1) is 8.06. The zero-order chi connectivity index (χ0) is 12.9. The van der Waals surface area contributed by atoms with Gasteiger partial charge in [0.05, 0.1) is 11.5 Å². The topological polar surface area (TPSA) is 57.5 Å². The summed E-state index contributed by atoms with van der Waals surface area (Å²) in [7, 11) is 0. The lowest BCUT2D eigenvalue weighted by molar-refractivity contribution is -0.156. The highest BCUT2D eigenvalue weighted by molar-refractivity contribution is 5.75. The van der Waals surface area contributed by atoms with Crippen molar-refractivity contribution in [3.05, 3.63) is 0 Å². The van der Waals surface area contributed by atoms with Gasteiger partial charge >= 0.3 is 5.97 Å². The highest BCUT2D eigenvalue weighted by atomic mass is 16.4. The Morgan fingerprint density at radius 3 is 1.94 bits per heavy atom. The number of aliphatic hydroxyl groups excluding tert-OH is 1. The fraction of sp³-hybridized carbons (Fsp3) is 0.929. The molecule has 1 fully saturated rings. The van der Waals surface area contributed by atoms with E-state index in [0.29, 0.717) is 0 Å². The van der Waals surface area contributed by atoms with Gasteiger partial charge in [-0.3, -0.25) is 4.79 Å². The van der Waals surface area contributed by atoms with E-state index in [-0.39, 0.29) is 12.0 Å². The Hall–Kier alpha value is -0.570. The summed E-state index contributed by atoms with van der Waals surface area (Å²) < 4.78 is 0. The van der Waals surface area contributed by atoms with Gasteiger partial charge in [0.15, 0.2) is 0 Å². The SMILES string of the molecule is CCCC(CCC)(C(=O)O)C1CCC(O)CC1. The van der Waals surface area contributed by atoms with E-state index in [4.69, 9.17) is 0 Å². The summed E-state index contributed by atoms with van der Waals surface area (Å²) in [5.41, 5.74) is -0.538. The molecule has 0 heterocycles. The first-order valence-corrected chi connectivity index (χ1v) is 6.98. The Labute approximate surface area is 104 Å². The van der Waals surface area contributed by atoms with Gasteiger partial charge in [0.25, 0.3) is 0 Å². The molecule has 1 aliphatic rings. The zero-order valence-corrected chi connectivity index (χ0v) is 11.1. The van der Waals surface area contributed by atoms with E-state index in [1.165, 1.54) is 0 Å². The van der Waals surface area contributed by atoms with Crippen LogP contribution in [-0.4, -0.2) is 22.3 Å². The molecule has 1 saturated carbocycles. The van der Waals surface area contributed by atoms with E-state index in [1.54, 1.807) is 0 Å². The normalized spacial score (nSPS) is 25.8. The quantitative estimate of drug-likeness (QED) is 0.752. The molecule has 0 saturated heterocycles. The summed E-state index contributed by atoms with van der Waals surface area (Å²) in [5.74, 6) is -0.370. The first-order valence-electron chi connectivity index (χ1n) is 6.98. The molecule has 1 aliphatic carbocycles. The number of rotatable bonds is 6. The van der Waals surface area contributed by atoms with Crippen LogP contribution in [0.25, 0.3) is 0 Å². The molecule has 100 valence electrons. The second kappa shape index (κ2) is 6.39. The Morgan fingerprint density at radius 2 is 1.59 bits per heavy atom. The van der Waals surface area contributed by atoms with Gasteiger partial charge in [0, 0.05) is 0 Å². The maximum Gasteiger partial charge on any atom is 0.309 e. The van der Waals surface area contributed by atoms with Crippen LogP contribution in [0.4, 0.5) is 0 Å². The molecule has 0 aromatic rings. The van der Waals surface area contributed by atoms with Crippen LogP contribution in [0.5, 0.6) is 0 Å². The van der Waals surface area contributed by atoms with Crippen molar-refractivity contribution < 1.29 is 15.0 Å². The first kappa shape index (κ1) is 14.5. The van der Waals surface area contributed by atoms with Crippen LogP contribution < -0.4 is 0 Å². The minimum Gasteiger partial charge on any atom is -0.481 e. The third-order valence-corrected chi connectivity index (χ3v) is 4.30. The molecule has 0 aromatic carbocycles. The van der Waals surface area contributed by atoms with E-state index >= 15 is 0 Å². The monoisotopic (exact) mass is 242 g/mol. The van der Waals surface area contributed by atoms with Gasteiger partial charge in [-0.1, -0.05) is 26.7 Å². The molecular formula is C14H26O3. The summed E-state index contributed by atoms with van der Waals surface area (Å²) in [6.07, 6.45) is 6.46. The average Bonchev–Trinajstić information content (AvgIpc) is 2.29. The van der Waals surface area contributed by atoms with E-state index < -0.39 is 11.4 Å². The highest BCUT2D eigenvalue weighted by Crippen LogP contribution is 2.45. The minimum absolute atomic E-state index is 0.207. The van der Waals surface area contributed by atoms with Crippen LogP contribution in [0.1, 0.15) is 65.2 Å². The van der Waals surface area contributed by atoms with Crippen molar-refractivity contribution in [2.75, 3.05) is 0 Å². The smallest absolute Gasteiger partial charge is 0.309 e. The van der Waals surface area contributed by atoms with Crippen LogP contribution in [0.3, 0.4) is 0 Å². The summed E-state index contributed by atoms with van der Waals surface area (Å²) in [6, 6.07) is 0. The Balaban J connectivity index is 2.83. The van der Waals surface area contributed by atoms with E-state index in [2.05, 4.69) is 13.8 Å². The number of carbonyl (C=O) groups is 1. The summed E-state index contributed by atoms with van der Waals surface area (Å²) in [5, 5.41) is 19.2. The fourth-order valence-corrected chi connectivity index (χ4v) is 3.44. The maximum atomic E-state index is 11.7. The van der Waals surface area contributed by atoms with Crippen molar-refractivity contribution in [1.29, 1.82) is 0 Å². The Kier molecular flexibility index (Phi) is 5.44. The standard InChI is InChI=1S/C14H26O3/c1-3-9-14(10-4-2,13(16)17)11-5-7-12(15)8-6-11/h11-12,15H,3-10H2,1-2H3,(H,16,17). The lowest BCUT2D eigenvalue weighted by atomic mass is 9.64. The molecule has 2 N–H and O–H groups in total. The number of hydrogen-bond donors (Lipinski definition) is 2. The third kappa shape index (κ3) is 3.21. The van der Waals surface area contributed by atoms with Crippen LogP contribution in [0.15, 0.2) is 0 Å². The van der Waals surface area contributed by atoms with Gasteiger partial charge in [-0.2, -0.15) is 0 Å². The maximum absolute atomic E-state index is 11.7. The molecule has 3 nitrogen and oxygen atoms in total. The number of hydrogen-bond acceptors (Lipinski definition) is 2. The average molecular weight is 242 g/mol. The Morgan fingerprint density at radius 1 is 1.12 bits per heavy atom. The van der Waals surface area contributed by atoms with Crippen LogP contribution in [-0.2, 0) is 4.79 Å². The van der Waals surface area contributed by atoms with E-state index in [1.807, 2.05) is 0 Å². The lowest BCUT2D eigenvalue weighted by Gasteiger charge is -2.40. The van der Waals surface area contributed by atoms with Gasteiger partial charge in [-0.05, 0) is 44.4 Å². The lowest BCUT2D eigenvalue weighted by Crippen LogP contribution is -2.41. The third-order valence-electron chi connectivity index (χ3n) is 4.30. The molecule has 0 bridgehead atoms. The molecule has 0 amide bonds. The number of carboxylic acids is 1. The van der Waals surface area contributed by atoms with Gasteiger partial charge in [0.2, 0.25) is 0 Å².